The summed E-state index contributed by atoms with van der Waals surface area (Å²) >= 11 is 0. The maximum Gasteiger partial charge on any atom is 0.348 e. The van der Waals surface area contributed by atoms with Crippen LogP contribution in [0.1, 0.15) is 24.8 Å². The van der Waals surface area contributed by atoms with Crippen molar-refractivity contribution in [2.24, 2.45) is 5.92 Å². The normalized spacial score (nSPS) is 23.9. The SMILES string of the molecule is COC1=C(C(=O)OCC2CCNC(CCNS(C)(=O)=O)C2)c2cc(F)ccc2[NH+]1[O-]. The van der Waals surface area contributed by atoms with E-state index in [0.29, 0.717) is 13.0 Å². The number of nitrogens with one attached hydrogen (secondary N) is 3. The Morgan fingerprint density at radius 3 is 2.90 bits per heavy atom. The second-order valence-corrected chi connectivity index (χ2v) is 9.36. The van der Waals surface area contributed by atoms with Crippen LogP contribution in [-0.4, -0.2) is 53.5 Å². The number of hydroxylamine groups is 1. The predicted molar refractivity (Wildman–Crippen MR) is 107 cm³/mol. The van der Waals surface area contributed by atoms with Gasteiger partial charge in [-0.05, 0) is 43.9 Å². The third-order valence-electron chi connectivity index (χ3n) is 5.25. The first-order valence-electron chi connectivity index (χ1n) is 9.67. The average Bonchev–Trinajstić information content (AvgIpc) is 2.96. The molecule has 11 heteroatoms. The summed E-state index contributed by atoms with van der Waals surface area (Å²) in [4.78, 5) is 12.7. The lowest BCUT2D eigenvalue weighted by Gasteiger charge is -2.30. The molecule has 3 N–H and O–H groups in total. The number of rotatable bonds is 8. The summed E-state index contributed by atoms with van der Waals surface area (Å²) in [5.74, 6) is -1.34. The summed E-state index contributed by atoms with van der Waals surface area (Å²) in [6.07, 6.45) is 3.25. The highest BCUT2D eigenvalue weighted by Crippen LogP contribution is 2.31. The Balaban J connectivity index is 1.60. The fourth-order valence-corrected chi connectivity index (χ4v) is 4.32. The Morgan fingerprint density at radius 1 is 1.43 bits per heavy atom. The van der Waals surface area contributed by atoms with Gasteiger partial charge in [0, 0.05) is 18.7 Å². The molecular weight excluding hydrogens is 417 g/mol. The third kappa shape index (κ3) is 5.35. The molecular formula is C19H26FN3O6S. The summed E-state index contributed by atoms with van der Waals surface area (Å²) in [7, 11) is -1.95. The Kier molecular flexibility index (Phi) is 7.09. The number of hydrogen-bond donors (Lipinski definition) is 3. The Hall–Kier alpha value is -2.05. The van der Waals surface area contributed by atoms with Crippen molar-refractivity contribution < 1.29 is 32.1 Å². The first-order chi connectivity index (χ1) is 14.2. The van der Waals surface area contributed by atoms with Crippen molar-refractivity contribution in [3.05, 3.63) is 40.7 Å². The van der Waals surface area contributed by atoms with Crippen LogP contribution < -0.4 is 15.1 Å². The van der Waals surface area contributed by atoms with Crippen LogP contribution >= 0.6 is 0 Å². The molecule has 0 amide bonds. The van der Waals surface area contributed by atoms with Crippen molar-refractivity contribution in [2.75, 3.05) is 33.1 Å². The van der Waals surface area contributed by atoms with E-state index < -0.39 is 26.9 Å². The van der Waals surface area contributed by atoms with Crippen LogP contribution in [0, 0.1) is 16.9 Å². The molecule has 0 aliphatic carbocycles. The summed E-state index contributed by atoms with van der Waals surface area (Å²) in [6.45, 7) is 1.21. The summed E-state index contributed by atoms with van der Waals surface area (Å²) < 4.78 is 49.0. The van der Waals surface area contributed by atoms with Gasteiger partial charge in [-0.15, -0.1) is 0 Å². The van der Waals surface area contributed by atoms with Crippen molar-refractivity contribution in [1.29, 1.82) is 0 Å². The zero-order chi connectivity index (χ0) is 21.9. The number of methoxy groups -OCH3 is 1. The van der Waals surface area contributed by atoms with Crippen molar-refractivity contribution in [3.63, 3.8) is 0 Å². The smallest absolute Gasteiger partial charge is 0.348 e. The van der Waals surface area contributed by atoms with Crippen LogP contribution in [0.25, 0.3) is 5.57 Å². The zero-order valence-corrected chi connectivity index (χ0v) is 17.7. The van der Waals surface area contributed by atoms with Gasteiger partial charge < -0.3 is 20.0 Å². The monoisotopic (exact) mass is 443 g/mol. The molecule has 0 spiro atoms. The Labute approximate surface area is 174 Å². The Morgan fingerprint density at radius 2 is 2.20 bits per heavy atom. The van der Waals surface area contributed by atoms with Crippen LogP contribution in [0.3, 0.4) is 0 Å². The van der Waals surface area contributed by atoms with Crippen LogP contribution in [0.4, 0.5) is 10.1 Å². The molecule has 1 aromatic rings. The number of benzene rings is 1. The minimum absolute atomic E-state index is 0.0557. The molecule has 3 atom stereocenters. The standard InChI is InChI=1S/C19H26FN3O6S/c1-28-18-17(15-10-13(20)3-4-16(15)23(18)25)19(24)29-11-12-5-7-21-14(9-12)6-8-22-30(2,26)27/h3-4,10,12,14,21-23H,5-9,11H2,1-2H3. The number of fused-ring (bicyclic) bond motifs is 1. The number of carbonyl (C=O) groups excluding carboxylic acids is 1. The Bertz CT molecular complexity index is 936. The van der Waals surface area contributed by atoms with Crippen LogP contribution in [0.2, 0.25) is 0 Å². The van der Waals surface area contributed by atoms with E-state index in [0.717, 1.165) is 37.8 Å². The van der Waals surface area contributed by atoms with Gasteiger partial charge in [-0.25, -0.2) is 22.3 Å². The quantitative estimate of drug-likeness (QED) is 0.383. The van der Waals surface area contributed by atoms with Gasteiger partial charge in [-0.3, -0.25) is 5.06 Å². The van der Waals surface area contributed by atoms with Gasteiger partial charge in [0.1, 0.15) is 11.5 Å². The summed E-state index contributed by atoms with van der Waals surface area (Å²) in [6, 6.07) is 3.72. The van der Waals surface area contributed by atoms with Gasteiger partial charge in [0.15, 0.2) is 5.57 Å². The molecule has 0 bridgehead atoms. The molecule has 30 heavy (non-hydrogen) atoms. The van der Waals surface area contributed by atoms with Gasteiger partial charge >= 0.3 is 11.9 Å². The number of sulfonamides is 1. The fraction of sp³-hybridized carbons (Fsp3) is 0.526. The van der Waals surface area contributed by atoms with E-state index >= 15 is 0 Å². The van der Waals surface area contributed by atoms with Crippen LogP contribution in [0.5, 0.6) is 0 Å². The van der Waals surface area contributed by atoms with E-state index in [2.05, 4.69) is 10.0 Å². The van der Waals surface area contributed by atoms with Crippen LogP contribution in [-0.2, 0) is 24.3 Å². The van der Waals surface area contributed by atoms with E-state index in [1.165, 1.54) is 13.2 Å². The van der Waals surface area contributed by atoms with Crippen LogP contribution in [0.15, 0.2) is 24.1 Å². The molecule has 166 valence electrons. The molecule has 2 heterocycles. The molecule has 0 saturated carbocycles. The van der Waals surface area contributed by atoms with E-state index in [4.69, 9.17) is 9.47 Å². The molecule has 1 aromatic carbocycles. The third-order valence-corrected chi connectivity index (χ3v) is 5.98. The minimum Gasteiger partial charge on any atom is -0.621 e. The van der Waals surface area contributed by atoms with Crippen molar-refractivity contribution in [3.8, 4) is 0 Å². The highest BCUT2D eigenvalue weighted by atomic mass is 32.2. The molecule has 3 rings (SSSR count). The number of carbonyl (C=O) groups is 1. The molecule has 0 aromatic heterocycles. The first kappa shape index (κ1) is 22.6. The van der Waals surface area contributed by atoms with Gasteiger partial charge in [-0.2, -0.15) is 0 Å². The number of piperidine rings is 1. The molecule has 0 radical (unpaired) electrons. The fourth-order valence-electron chi connectivity index (χ4n) is 3.83. The van der Waals surface area contributed by atoms with E-state index in [9.17, 15) is 22.8 Å². The highest BCUT2D eigenvalue weighted by molar-refractivity contribution is 7.88. The largest absolute Gasteiger partial charge is 0.621 e. The lowest BCUT2D eigenvalue weighted by atomic mass is 9.91. The molecule has 2 aliphatic rings. The molecule has 9 nitrogen and oxygen atoms in total. The average molecular weight is 443 g/mol. The second-order valence-electron chi connectivity index (χ2n) is 7.52. The van der Waals surface area contributed by atoms with Crippen molar-refractivity contribution in [2.45, 2.75) is 25.3 Å². The molecule has 2 aliphatic heterocycles. The van der Waals surface area contributed by atoms with E-state index in [1.54, 1.807) is 0 Å². The number of hydrogen-bond acceptors (Lipinski definition) is 7. The minimum atomic E-state index is -3.23. The van der Waals surface area contributed by atoms with E-state index in [1.807, 2.05) is 0 Å². The van der Waals surface area contributed by atoms with Gasteiger partial charge in [-0.1, -0.05) is 0 Å². The molecule has 3 unspecified atom stereocenters. The molecule has 1 saturated heterocycles. The lowest BCUT2D eigenvalue weighted by Crippen LogP contribution is -2.99. The maximum absolute atomic E-state index is 13.7. The zero-order valence-electron chi connectivity index (χ0n) is 16.9. The highest BCUT2D eigenvalue weighted by Gasteiger charge is 2.37. The lowest BCUT2D eigenvalue weighted by molar-refractivity contribution is -0.747. The van der Waals surface area contributed by atoms with Crippen molar-refractivity contribution >= 4 is 27.3 Å². The van der Waals surface area contributed by atoms with E-state index in [-0.39, 0.29) is 41.3 Å². The van der Waals surface area contributed by atoms with Crippen molar-refractivity contribution in [1.82, 2.24) is 10.0 Å². The topological polar surface area (TPSA) is 121 Å². The molecule has 1 fully saturated rings. The second kappa shape index (κ2) is 9.40. The predicted octanol–water partition coefficient (Wildman–Crippen LogP) is 0.0192. The van der Waals surface area contributed by atoms with Gasteiger partial charge in [0.25, 0.3) is 0 Å². The number of ether oxygens (including phenoxy) is 2. The maximum atomic E-state index is 13.7. The van der Waals surface area contributed by atoms with Gasteiger partial charge in [0.2, 0.25) is 10.0 Å². The number of halogens is 1. The number of esters is 1. The summed E-state index contributed by atoms with van der Waals surface area (Å²) in [5.41, 5.74) is 0.331. The summed E-state index contributed by atoms with van der Waals surface area (Å²) in [5, 5.41) is 15.3. The number of quaternary nitrogens is 1. The van der Waals surface area contributed by atoms with Gasteiger partial charge in [0.05, 0.1) is 25.5 Å². The first-order valence-corrected chi connectivity index (χ1v) is 11.6.